The molecule has 9 heteroatoms. The van der Waals surface area contributed by atoms with Gasteiger partial charge in [-0.05, 0) is 13.2 Å². The highest BCUT2D eigenvalue weighted by molar-refractivity contribution is 7.99. The van der Waals surface area contributed by atoms with E-state index < -0.39 is 0 Å². The molecule has 2 aromatic heterocycles. The van der Waals surface area contributed by atoms with Crippen LogP contribution in [-0.2, 0) is 6.42 Å². The van der Waals surface area contributed by atoms with Crippen LogP contribution in [-0.4, -0.2) is 35.4 Å². The number of hydrogen-bond acceptors (Lipinski definition) is 8. The van der Waals surface area contributed by atoms with Crippen molar-refractivity contribution in [2.24, 2.45) is 0 Å². The van der Waals surface area contributed by atoms with Crippen LogP contribution in [0, 0.1) is 0 Å². The summed E-state index contributed by atoms with van der Waals surface area (Å²) >= 11 is 2.88. The van der Waals surface area contributed by atoms with E-state index in [-0.39, 0.29) is 5.91 Å². The molecule has 0 fully saturated rings. The van der Waals surface area contributed by atoms with E-state index in [1.165, 1.54) is 29.5 Å². The molecule has 114 valence electrons. The number of carbonyl (C=O) groups is 1. The maximum absolute atomic E-state index is 12.0. The molecule has 0 aromatic carbocycles. The fourth-order valence-corrected chi connectivity index (χ4v) is 3.72. The molecule has 0 spiro atoms. The number of amides is 1. The van der Waals surface area contributed by atoms with Crippen molar-refractivity contribution in [2.45, 2.75) is 18.2 Å². The Hall–Kier alpha value is -1.74. The van der Waals surface area contributed by atoms with E-state index in [0.29, 0.717) is 35.9 Å². The first kappa shape index (κ1) is 15.6. The lowest BCUT2D eigenvalue weighted by Gasteiger charge is -2.04. The van der Waals surface area contributed by atoms with Gasteiger partial charge >= 0.3 is 0 Å². The van der Waals surface area contributed by atoms with Gasteiger partial charge in [0.15, 0.2) is 5.82 Å². The summed E-state index contributed by atoms with van der Waals surface area (Å²) in [5.41, 5.74) is 6.59. The summed E-state index contributed by atoms with van der Waals surface area (Å²) < 4.78 is 4.68. The summed E-state index contributed by atoms with van der Waals surface area (Å²) in [7, 11) is 0. The van der Waals surface area contributed by atoms with Gasteiger partial charge in [0, 0.05) is 19.5 Å². The number of aromatic nitrogens is 2. The maximum atomic E-state index is 12.0. The minimum absolute atomic E-state index is 0.137. The van der Waals surface area contributed by atoms with Crippen LogP contribution in [0.15, 0.2) is 15.8 Å². The molecule has 2 rings (SSSR count). The summed E-state index contributed by atoms with van der Waals surface area (Å²) in [5.74, 6) is 0.503. The van der Waals surface area contributed by atoms with Crippen molar-refractivity contribution in [3.8, 4) is 0 Å². The van der Waals surface area contributed by atoms with Crippen LogP contribution in [0.3, 0.4) is 0 Å². The molecule has 4 N–H and O–H groups in total. The smallest absolute Gasteiger partial charge is 0.263 e. The molecule has 0 saturated carbocycles. The standard InChI is InChI=1S/C12H17N5O2S2/c1-3-14-11(18)9-8(13)10(20-2)12(21-9)15-5-4-7-16-6-19-17-7/h6,15H,3-5,13H2,1-2H3,(H,14,18). The minimum atomic E-state index is -0.137. The second-order valence-corrected chi connectivity index (χ2v) is 5.93. The Morgan fingerprint density at radius 1 is 1.57 bits per heavy atom. The van der Waals surface area contributed by atoms with Gasteiger partial charge in [0.2, 0.25) is 6.39 Å². The molecule has 1 amide bonds. The molecule has 0 atom stereocenters. The zero-order valence-corrected chi connectivity index (χ0v) is 13.4. The first-order chi connectivity index (χ1) is 10.2. The maximum Gasteiger partial charge on any atom is 0.263 e. The molecule has 7 nitrogen and oxygen atoms in total. The summed E-state index contributed by atoms with van der Waals surface area (Å²) in [6.45, 7) is 3.09. The average Bonchev–Trinajstić information content (AvgIpc) is 3.07. The fourth-order valence-electron chi connectivity index (χ4n) is 1.75. The molecular formula is C12H17N5O2S2. The van der Waals surface area contributed by atoms with E-state index in [0.717, 1.165) is 9.90 Å². The lowest BCUT2D eigenvalue weighted by Crippen LogP contribution is -2.22. The second kappa shape index (κ2) is 7.32. The molecule has 0 aliphatic rings. The Morgan fingerprint density at radius 3 is 3.00 bits per heavy atom. The van der Waals surface area contributed by atoms with Crippen LogP contribution in [0.25, 0.3) is 0 Å². The number of rotatable bonds is 7. The SMILES string of the molecule is CCNC(=O)c1sc(NCCc2ncon2)c(SC)c1N. The number of hydrogen-bond donors (Lipinski definition) is 3. The first-order valence-electron chi connectivity index (χ1n) is 6.40. The largest absolute Gasteiger partial charge is 0.396 e. The summed E-state index contributed by atoms with van der Waals surface area (Å²) in [4.78, 5) is 17.4. The number of anilines is 2. The van der Waals surface area contributed by atoms with Crippen molar-refractivity contribution in [1.82, 2.24) is 15.5 Å². The minimum Gasteiger partial charge on any atom is -0.396 e. The van der Waals surface area contributed by atoms with Crippen LogP contribution in [0.2, 0.25) is 0 Å². The third kappa shape index (κ3) is 3.67. The molecule has 0 saturated heterocycles. The van der Waals surface area contributed by atoms with Gasteiger partial charge in [-0.2, -0.15) is 4.98 Å². The van der Waals surface area contributed by atoms with E-state index >= 15 is 0 Å². The number of thioether (sulfide) groups is 1. The van der Waals surface area contributed by atoms with E-state index in [1.807, 2.05) is 13.2 Å². The van der Waals surface area contributed by atoms with Crippen LogP contribution in [0.1, 0.15) is 22.4 Å². The quantitative estimate of drug-likeness (QED) is 0.666. The predicted molar refractivity (Wildman–Crippen MR) is 85.0 cm³/mol. The normalized spacial score (nSPS) is 10.6. The van der Waals surface area contributed by atoms with Gasteiger partial charge in [-0.3, -0.25) is 4.79 Å². The van der Waals surface area contributed by atoms with E-state index in [9.17, 15) is 4.79 Å². The zero-order valence-electron chi connectivity index (χ0n) is 11.8. The Balaban J connectivity index is 2.07. The number of nitrogens with one attached hydrogen (secondary N) is 2. The van der Waals surface area contributed by atoms with E-state index in [4.69, 9.17) is 5.73 Å². The van der Waals surface area contributed by atoms with Crippen LogP contribution in [0.4, 0.5) is 10.7 Å². The summed E-state index contributed by atoms with van der Waals surface area (Å²) in [5, 5.41) is 10.7. The molecule has 21 heavy (non-hydrogen) atoms. The Kier molecular flexibility index (Phi) is 5.45. The number of carbonyl (C=O) groups excluding carboxylic acids is 1. The number of thiophene rings is 1. The third-order valence-electron chi connectivity index (χ3n) is 2.69. The first-order valence-corrected chi connectivity index (χ1v) is 8.45. The lowest BCUT2D eigenvalue weighted by atomic mass is 10.3. The highest BCUT2D eigenvalue weighted by atomic mass is 32.2. The molecule has 0 radical (unpaired) electrons. The van der Waals surface area contributed by atoms with Crippen molar-refractivity contribution >= 4 is 39.7 Å². The van der Waals surface area contributed by atoms with E-state index in [1.54, 1.807) is 0 Å². The summed E-state index contributed by atoms with van der Waals surface area (Å²) in [6, 6.07) is 0. The Bertz CT molecular complexity index is 597. The van der Waals surface area contributed by atoms with Gasteiger partial charge in [0.05, 0.1) is 10.6 Å². The molecule has 0 aliphatic heterocycles. The average molecular weight is 327 g/mol. The molecule has 2 aromatic rings. The third-order valence-corrected chi connectivity index (χ3v) is 4.81. The van der Waals surface area contributed by atoms with Crippen LogP contribution >= 0.6 is 23.1 Å². The van der Waals surface area contributed by atoms with Crippen molar-refractivity contribution in [3.05, 3.63) is 17.1 Å². The lowest BCUT2D eigenvalue weighted by molar-refractivity contribution is 0.0960. The van der Waals surface area contributed by atoms with Gasteiger partial charge in [0.1, 0.15) is 9.88 Å². The molecule has 0 unspecified atom stereocenters. The van der Waals surface area contributed by atoms with Crippen LogP contribution < -0.4 is 16.4 Å². The Labute approximate surface area is 130 Å². The number of nitrogens with zero attached hydrogens (tertiary/aromatic N) is 2. The molecule has 2 heterocycles. The Morgan fingerprint density at radius 2 is 2.38 bits per heavy atom. The topological polar surface area (TPSA) is 106 Å². The molecule has 0 bridgehead atoms. The highest BCUT2D eigenvalue weighted by Gasteiger charge is 2.20. The molecular weight excluding hydrogens is 310 g/mol. The highest BCUT2D eigenvalue weighted by Crippen LogP contribution is 2.41. The van der Waals surface area contributed by atoms with Gasteiger partial charge in [-0.15, -0.1) is 23.1 Å². The van der Waals surface area contributed by atoms with Crippen molar-refractivity contribution in [2.75, 3.05) is 30.4 Å². The van der Waals surface area contributed by atoms with Gasteiger partial charge in [-0.1, -0.05) is 5.16 Å². The van der Waals surface area contributed by atoms with Gasteiger partial charge < -0.3 is 20.9 Å². The van der Waals surface area contributed by atoms with Crippen molar-refractivity contribution in [3.63, 3.8) is 0 Å². The zero-order chi connectivity index (χ0) is 15.2. The predicted octanol–water partition coefficient (Wildman–Crippen LogP) is 1.84. The van der Waals surface area contributed by atoms with Crippen molar-refractivity contribution < 1.29 is 9.32 Å². The second-order valence-electron chi connectivity index (χ2n) is 4.09. The monoisotopic (exact) mass is 327 g/mol. The molecule has 0 aliphatic carbocycles. The van der Waals surface area contributed by atoms with Crippen LogP contribution in [0.5, 0.6) is 0 Å². The fraction of sp³-hybridized carbons (Fsp3) is 0.417. The van der Waals surface area contributed by atoms with Gasteiger partial charge in [0.25, 0.3) is 5.91 Å². The number of nitrogen functional groups attached to an aromatic ring is 1. The number of nitrogens with two attached hydrogens (primary N) is 1. The van der Waals surface area contributed by atoms with Crippen molar-refractivity contribution in [1.29, 1.82) is 0 Å². The summed E-state index contributed by atoms with van der Waals surface area (Å²) in [6.07, 6.45) is 3.88. The van der Waals surface area contributed by atoms with Gasteiger partial charge in [-0.25, -0.2) is 0 Å². The van der Waals surface area contributed by atoms with E-state index in [2.05, 4.69) is 25.3 Å².